The van der Waals surface area contributed by atoms with E-state index in [1.807, 2.05) is 48.7 Å². The molecule has 1 N–H and O–H groups in total. The van der Waals surface area contributed by atoms with Gasteiger partial charge < -0.3 is 10.2 Å². The van der Waals surface area contributed by atoms with Crippen molar-refractivity contribution in [1.29, 1.82) is 0 Å². The number of benzene rings is 2. The number of carbonyl (C=O) groups excluding carboxylic acids is 1. The smallest absolute Gasteiger partial charge is 0.251 e. The molecular formula is C23H26N4O. The summed E-state index contributed by atoms with van der Waals surface area (Å²) >= 11 is 0. The van der Waals surface area contributed by atoms with Crippen molar-refractivity contribution in [3.05, 3.63) is 66.4 Å². The van der Waals surface area contributed by atoms with Crippen LogP contribution in [0.5, 0.6) is 0 Å². The first-order chi connectivity index (χ1) is 13.6. The first kappa shape index (κ1) is 18.6. The molecule has 0 aliphatic carbocycles. The van der Waals surface area contributed by atoms with Gasteiger partial charge in [0.25, 0.3) is 5.91 Å². The minimum absolute atomic E-state index is 0.0287. The molecule has 5 heteroatoms. The van der Waals surface area contributed by atoms with Gasteiger partial charge in [-0.3, -0.25) is 14.7 Å². The third-order valence-electron chi connectivity index (χ3n) is 5.57. The molecule has 1 aromatic heterocycles. The monoisotopic (exact) mass is 374 g/mol. The SMILES string of the molecule is CN1CCN(C)[C@@H](CNC(=O)c2ccc(-c3nccc4ccccc34)cc2)C1. The molecule has 1 aliphatic heterocycles. The van der Waals surface area contributed by atoms with Gasteiger partial charge in [-0.05, 0) is 37.7 Å². The summed E-state index contributed by atoms with van der Waals surface area (Å²) in [7, 11) is 4.25. The molecule has 0 unspecified atom stereocenters. The lowest BCUT2D eigenvalue weighted by Crippen LogP contribution is -2.54. The fourth-order valence-corrected chi connectivity index (χ4v) is 3.76. The van der Waals surface area contributed by atoms with E-state index in [2.05, 4.69) is 46.3 Å². The predicted molar refractivity (Wildman–Crippen MR) is 113 cm³/mol. The van der Waals surface area contributed by atoms with Gasteiger partial charge in [0.05, 0.1) is 5.69 Å². The van der Waals surface area contributed by atoms with Crippen LogP contribution in [0.1, 0.15) is 10.4 Å². The second-order valence-electron chi connectivity index (χ2n) is 7.56. The highest BCUT2D eigenvalue weighted by Crippen LogP contribution is 2.26. The Morgan fingerprint density at radius 3 is 2.68 bits per heavy atom. The van der Waals surface area contributed by atoms with Crippen molar-refractivity contribution in [3.8, 4) is 11.3 Å². The number of rotatable bonds is 4. The molecule has 0 bridgehead atoms. The van der Waals surface area contributed by atoms with Gasteiger partial charge in [0.15, 0.2) is 0 Å². The number of amides is 1. The number of aromatic nitrogens is 1. The molecule has 28 heavy (non-hydrogen) atoms. The lowest BCUT2D eigenvalue weighted by atomic mass is 10.0. The molecule has 5 nitrogen and oxygen atoms in total. The number of hydrogen-bond donors (Lipinski definition) is 1. The van der Waals surface area contributed by atoms with Crippen molar-refractivity contribution in [2.45, 2.75) is 6.04 Å². The lowest BCUT2D eigenvalue weighted by Gasteiger charge is -2.37. The van der Waals surface area contributed by atoms with Crippen molar-refractivity contribution in [3.63, 3.8) is 0 Å². The Morgan fingerprint density at radius 2 is 1.86 bits per heavy atom. The second kappa shape index (κ2) is 8.09. The molecule has 2 aromatic carbocycles. The zero-order valence-corrected chi connectivity index (χ0v) is 16.4. The fraction of sp³-hybridized carbons (Fsp3) is 0.304. The van der Waals surface area contributed by atoms with Crippen molar-refractivity contribution in [2.75, 3.05) is 40.3 Å². The number of nitrogens with zero attached hydrogens (tertiary/aromatic N) is 3. The number of piperazine rings is 1. The summed E-state index contributed by atoms with van der Waals surface area (Å²) in [5, 5.41) is 5.37. The molecule has 3 aromatic rings. The van der Waals surface area contributed by atoms with E-state index in [1.54, 1.807) is 0 Å². The Kier molecular flexibility index (Phi) is 5.37. The standard InChI is InChI=1S/C23H26N4O/c1-26-13-14-27(2)20(16-26)15-25-23(28)19-9-7-18(8-10-19)22-21-6-4-3-5-17(21)11-12-24-22/h3-12,20H,13-16H2,1-2H3,(H,25,28)/t20-/m0/s1. The zero-order chi connectivity index (χ0) is 19.5. The Bertz CT molecular complexity index is 965. The van der Waals surface area contributed by atoms with Crippen LogP contribution in [0.3, 0.4) is 0 Å². The summed E-state index contributed by atoms with van der Waals surface area (Å²) in [5.74, 6) is -0.0287. The van der Waals surface area contributed by atoms with Crippen molar-refractivity contribution >= 4 is 16.7 Å². The van der Waals surface area contributed by atoms with Gasteiger partial charge in [0, 0.05) is 54.9 Å². The normalized spacial score (nSPS) is 18.3. The molecule has 1 fully saturated rings. The number of fused-ring (bicyclic) bond motifs is 1. The van der Waals surface area contributed by atoms with Crippen molar-refractivity contribution in [2.24, 2.45) is 0 Å². The van der Waals surface area contributed by atoms with Crippen LogP contribution in [-0.4, -0.2) is 67.0 Å². The van der Waals surface area contributed by atoms with E-state index in [4.69, 9.17) is 0 Å². The Hall–Kier alpha value is -2.76. The number of carbonyl (C=O) groups is 1. The number of hydrogen-bond acceptors (Lipinski definition) is 4. The predicted octanol–water partition coefficient (Wildman–Crippen LogP) is 2.88. The molecular weight excluding hydrogens is 348 g/mol. The summed E-state index contributed by atoms with van der Waals surface area (Å²) < 4.78 is 0. The molecule has 0 radical (unpaired) electrons. The summed E-state index contributed by atoms with van der Waals surface area (Å²) in [4.78, 5) is 21.8. The molecule has 1 amide bonds. The molecule has 1 atom stereocenters. The third-order valence-corrected chi connectivity index (χ3v) is 5.57. The quantitative estimate of drug-likeness (QED) is 0.763. The van der Waals surface area contributed by atoms with Crippen LogP contribution in [0, 0.1) is 0 Å². The molecule has 1 saturated heterocycles. The largest absolute Gasteiger partial charge is 0.350 e. The first-order valence-corrected chi connectivity index (χ1v) is 9.73. The van der Waals surface area contributed by atoms with E-state index in [9.17, 15) is 4.79 Å². The summed E-state index contributed by atoms with van der Waals surface area (Å²) in [5.41, 5.74) is 2.63. The molecule has 4 rings (SSSR count). The first-order valence-electron chi connectivity index (χ1n) is 9.73. The minimum atomic E-state index is -0.0287. The van der Waals surface area contributed by atoms with Gasteiger partial charge >= 0.3 is 0 Å². The van der Waals surface area contributed by atoms with Gasteiger partial charge in [-0.25, -0.2) is 0 Å². The van der Waals surface area contributed by atoms with Gasteiger partial charge in [0.1, 0.15) is 0 Å². The molecule has 144 valence electrons. The Balaban J connectivity index is 1.46. The highest BCUT2D eigenvalue weighted by atomic mass is 16.1. The average molecular weight is 374 g/mol. The van der Waals surface area contributed by atoms with Gasteiger partial charge in [-0.2, -0.15) is 0 Å². The van der Waals surface area contributed by atoms with E-state index < -0.39 is 0 Å². The Labute approximate surface area is 166 Å². The molecule has 0 saturated carbocycles. The van der Waals surface area contributed by atoms with Crippen LogP contribution in [-0.2, 0) is 0 Å². The van der Waals surface area contributed by atoms with Crippen LogP contribution >= 0.6 is 0 Å². The molecule has 2 heterocycles. The molecule has 1 aliphatic rings. The maximum Gasteiger partial charge on any atom is 0.251 e. The summed E-state index contributed by atoms with van der Waals surface area (Å²) in [6.45, 7) is 3.74. The molecule has 0 spiro atoms. The van der Waals surface area contributed by atoms with E-state index in [-0.39, 0.29) is 5.91 Å². The van der Waals surface area contributed by atoms with Gasteiger partial charge in [0.2, 0.25) is 0 Å². The number of likely N-dealkylation sites (N-methyl/N-ethyl adjacent to an activating group) is 2. The Morgan fingerprint density at radius 1 is 1.07 bits per heavy atom. The van der Waals surface area contributed by atoms with Crippen molar-refractivity contribution in [1.82, 2.24) is 20.1 Å². The van der Waals surface area contributed by atoms with E-state index in [1.165, 1.54) is 0 Å². The lowest BCUT2D eigenvalue weighted by molar-refractivity contribution is 0.0881. The zero-order valence-electron chi connectivity index (χ0n) is 16.4. The van der Waals surface area contributed by atoms with Crippen molar-refractivity contribution < 1.29 is 4.79 Å². The summed E-state index contributed by atoms with van der Waals surface area (Å²) in [6, 6.07) is 18.3. The van der Waals surface area contributed by atoms with E-state index in [0.717, 1.165) is 41.7 Å². The van der Waals surface area contributed by atoms with Crippen LogP contribution < -0.4 is 5.32 Å². The number of pyridine rings is 1. The maximum atomic E-state index is 12.6. The van der Waals surface area contributed by atoms with Crippen LogP contribution in [0.2, 0.25) is 0 Å². The highest BCUT2D eigenvalue weighted by Gasteiger charge is 2.22. The van der Waals surface area contributed by atoms with E-state index in [0.29, 0.717) is 18.2 Å². The fourth-order valence-electron chi connectivity index (χ4n) is 3.76. The summed E-state index contributed by atoms with van der Waals surface area (Å²) in [6.07, 6.45) is 1.83. The van der Waals surface area contributed by atoms with Gasteiger partial charge in [-0.1, -0.05) is 36.4 Å². The minimum Gasteiger partial charge on any atom is -0.350 e. The van der Waals surface area contributed by atoms with E-state index >= 15 is 0 Å². The van der Waals surface area contributed by atoms with Crippen LogP contribution in [0.15, 0.2) is 60.8 Å². The van der Waals surface area contributed by atoms with Crippen LogP contribution in [0.4, 0.5) is 0 Å². The third kappa shape index (κ3) is 3.91. The van der Waals surface area contributed by atoms with Crippen LogP contribution in [0.25, 0.3) is 22.0 Å². The topological polar surface area (TPSA) is 48.5 Å². The van der Waals surface area contributed by atoms with Gasteiger partial charge in [-0.15, -0.1) is 0 Å². The average Bonchev–Trinajstić information content (AvgIpc) is 2.74. The number of nitrogens with one attached hydrogen (secondary N) is 1. The second-order valence-corrected chi connectivity index (χ2v) is 7.56. The highest BCUT2D eigenvalue weighted by molar-refractivity contribution is 5.97. The maximum absolute atomic E-state index is 12.6.